The van der Waals surface area contributed by atoms with Crippen molar-refractivity contribution in [1.29, 1.82) is 0 Å². The molecule has 5 heteroatoms. The van der Waals surface area contributed by atoms with E-state index in [1.165, 1.54) is 51.2 Å². The molecule has 0 spiro atoms. The molecule has 4 nitrogen and oxygen atoms in total. The molecule has 20 heavy (non-hydrogen) atoms. The number of piperidine rings is 1. The second kappa shape index (κ2) is 7.76. The third-order valence-corrected chi connectivity index (χ3v) is 5.48. The van der Waals surface area contributed by atoms with Crippen molar-refractivity contribution in [3.8, 4) is 0 Å². The maximum Gasteiger partial charge on any atom is 0.208 e. The molecule has 1 saturated carbocycles. The van der Waals surface area contributed by atoms with E-state index in [0.717, 1.165) is 38.4 Å². The largest absolute Gasteiger partial charge is 0.302 e. The Bertz CT molecular complexity index is 375. The smallest absolute Gasteiger partial charge is 0.208 e. The van der Waals surface area contributed by atoms with E-state index in [4.69, 9.17) is 0 Å². The van der Waals surface area contributed by atoms with Gasteiger partial charge in [0.15, 0.2) is 0 Å². The molecule has 0 aromatic carbocycles. The highest BCUT2D eigenvalue weighted by Crippen LogP contribution is 2.26. The van der Waals surface area contributed by atoms with Gasteiger partial charge in [-0.3, -0.25) is 0 Å². The van der Waals surface area contributed by atoms with Crippen LogP contribution in [0.4, 0.5) is 0 Å². The van der Waals surface area contributed by atoms with Crippen molar-refractivity contribution >= 4 is 10.0 Å². The summed E-state index contributed by atoms with van der Waals surface area (Å²) >= 11 is 0. The molecule has 1 heterocycles. The molecule has 0 amide bonds. The molecule has 0 bridgehead atoms. The fraction of sp³-hybridized carbons (Fsp3) is 1.00. The van der Waals surface area contributed by atoms with Gasteiger partial charge in [-0.25, -0.2) is 13.1 Å². The number of nitrogens with one attached hydrogen (secondary N) is 1. The van der Waals surface area contributed by atoms with Gasteiger partial charge in [0, 0.05) is 12.6 Å². The average molecular weight is 302 g/mol. The maximum atomic E-state index is 11.3. The number of rotatable bonds is 5. The number of likely N-dealkylation sites (tertiary alicyclic amines) is 1. The van der Waals surface area contributed by atoms with Crippen LogP contribution in [0, 0.1) is 5.92 Å². The molecule has 1 saturated heterocycles. The molecule has 2 aliphatic rings. The molecule has 0 radical (unpaired) electrons. The van der Waals surface area contributed by atoms with Crippen molar-refractivity contribution < 1.29 is 8.42 Å². The van der Waals surface area contributed by atoms with Gasteiger partial charge in [-0.05, 0) is 38.3 Å². The molecule has 118 valence electrons. The molecule has 1 N–H and O–H groups in total. The zero-order valence-corrected chi connectivity index (χ0v) is 13.6. The van der Waals surface area contributed by atoms with Crippen LogP contribution in [-0.2, 0) is 10.0 Å². The van der Waals surface area contributed by atoms with Crippen LogP contribution in [0.15, 0.2) is 0 Å². The highest BCUT2D eigenvalue weighted by atomic mass is 32.2. The molecule has 1 atom stereocenters. The minimum absolute atomic E-state index is 0.118. The van der Waals surface area contributed by atoms with Crippen molar-refractivity contribution in [3.05, 3.63) is 0 Å². The van der Waals surface area contributed by atoms with Crippen LogP contribution < -0.4 is 4.72 Å². The van der Waals surface area contributed by atoms with E-state index >= 15 is 0 Å². The Hall–Kier alpha value is -0.130. The third-order valence-electron chi connectivity index (χ3n) is 4.71. The van der Waals surface area contributed by atoms with Gasteiger partial charge in [-0.15, -0.1) is 0 Å². The van der Waals surface area contributed by atoms with Gasteiger partial charge in [-0.2, -0.15) is 0 Å². The molecule has 2 fully saturated rings. The van der Waals surface area contributed by atoms with Crippen LogP contribution in [-0.4, -0.2) is 45.2 Å². The highest BCUT2D eigenvalue weighted by molar-refractivity contribution is 7.88. The van der Waals surface area contributed by atoms with Gasteiger partial charge in [0.25, 0.3) is 0 Å². The summed E-state index contributed by atoms with van der Waals surface area (Å²) in [5.41, 5.74) is 0. The molecule has 0 unspecified atom stereocenters. The zero-order chi connectivity index (χ0) is 14.4. The van der Waals surface area contributed by atoms with Crippen LogP contribution in [0.25, 0.3) is 0 Å². The van der Waals surface area contributed by atoms with E-state index in [1.54, 1.807) is 0 Å². The molecular formula is C15H30N2O2S. The van der Waals surface area contributed by atoms with E-state index in [0.29, 0.717) is 0 Å². The second-order valence-electron chi connectivity index (χ2n) is 6.68. The van der Waals surface area contributed by atoms with Crippen molar-refractivity contribution in [2.45, 2.75) is 63.8 Å². The Balaban J connectivity index is 1.72. The lowest BCUT2D eigenvalue weighted by Crippen LogP contribution is -2.47. The van der Waals surface area contributed by atoms with Crippen LogP contribution in [0.5, 0.6) is 0 Å². The summed E-state index contributed by atoms with van der Waals surface area (Å²) in [4.78, 5) is 2.46. The molecule has 0 aromatic heterocycles. The maximum absolute atomic E-state index is 11.3. The Kier molecular flexibility index (Phi) is 6.30. The summed E-state index contributed by atoms with van der Waals surface area (Å²) < 4.78 is 25.4. The van der Waals surface area contributed by atoms with Crippen molar-refractivity contribution in [2.75, 3.05) is 25.9 Å². The minimum Gasteiger partial charge on any atom is -0.302 e. The van der Waals surface area contributed by atoms with Crippen LogP contribution >= 0.6 is 0 Å². The van der Waals surface area contributed by atoms with E-state index in [-0.39, 0.29) is 6.04 Å². The van der Waals surface area contributed by atoms with Crippen molar-refractivity contribution in [2.24, 2.45) is 5.92 Å². The quantitative estimate of drug-likeness (QED) is 0.793. The Labute approximate surface area is 124 Å². The van der Waals surface area contributed by atoms with Crippen molar-refractivity contribution in [1.82, 2.24) is 9.62 Å². The first-order chi connectivity index (χ1) is 9.53. The van der Waals surface area contributed by atoms with E-state index in [1.807, 2.05) is 0 Å². The van der Waals surface area contributed by atoms with Gasteiger partial charge >= 0.3 is 0 Å². The normalized spacial score (nSPS) is 27.4. The lowest BCUT2D eigenvalue weighted by atomic mass is 9.96. The van der Waals surface area contributed by atoms with Gasteiger partial charge in [0.2, 0.25) is 10.0 Å². The Morgan fingerprint density at radius 1 is 1.05 bits per heavy atom. The molecule has 0 aromatic rings. The predicted molar refractivity (Wildman–Crippen MR) is 83.3 cm³/mol. The summed E-state index contributed by atoms with van der Waals surface area (Å²) in [5.74, 6) is 0.903. The Morgan fingerprint density at radius 3 is 2.40 bits per heavy atom. The predicted octanol–water partition coefficient (Wildman–Crippen LogP) is 2.36. The molecular weight excluding hydrogens is 272 g/mol. The first-order valence-corrected chi connectivity index (χ1v) is 10.1. The average Bonchev–Trinajstić information content (AvgIpc) is 2.63. The number of nitrogens with zero attached hydrogens (tertiary/aromatic N) is 1. The number of hydrogen-bond acceptors (Lipinski definition) is 3. The van der Waals surface area contributed by atoms with Crippen molar-refractivity contribution in [3.63, 3.8) is 0 Å². The van der Waals surface area contributed by atoms with Gasteiger partial charge in [0.05, 0.1) is 6.26 Å². The third kappa shape index (κ3) is 6.10. The molecule has 2 rings (SSSR count). The lowest BCUT2D eigenvalue weighted by Gasteiger charge is -2.33. The summed E-state index contributed by atoms with van der Waals surface area (Å²) in [7, 11) is -3.06. The standard InChI is InChI=1S/C15H30N2O2S/c1-20(18,19)16-15-9-6-11-17(13-15)12-10-14-7-4-2-3-5-8-14/h14-16H,2-13H2,1H3/t15-/m0/s1. The molecule has 1 aliphatic heterocycles. The number of sulfonamides is 1. The number of hydrogen-bond donors (Lipinski definition) is 1. The fourth-order valence-corrected chi connectivity index (χ4v) is 4.47. The van der Waals surface area contributed by atoms with E-state index < -0.39 is 10.0 Å². The van der Waals surface area contributed by atoms with Gasteiger partial charge in [-0.1, -0.05) is 38.5 Å². The SMILES string of the molecule is CS(=O)(=O)N[C@H]1CCCN(CCC2CCCCCC2)C1. The van der Waals surface area contributed by atoms with E-state index in [2.05, 4.69) is 9.62 Å². The first kappa shape index (κ1) is 16.2. The van der Waals surface area contributed by atoms with E-state index in [9.17, 15) is 8.42 Å². The first-order valence-electron chi connectivity index (χ1n) is 8.22. The summed E-state index contributed by atoms with van der Waals surface area (Å²) in [6, 6.07) is 0.118. The topological polar surface area (TPSA) is 49.4 Å². The van der Waals surface area contributed by atoms with Gasteiger partial charge in [0.1, 0.15) is 0 Å². The van der Waals surface area contributed by atoms with Crippen LogP contribution in [0.3, 0.4) is 0 Å². The highest BCUT2D eigenvalue weighted by Gasteiger charge is 2.23. The fourth-order valence-electron chi connectivity index (χ4n) is 3.68. The monoisotopic (exact) mass is 302 g/mol. The minimum atomic E-state index is -3.06. The summed E-state index contributed by atoms with van der Waals surface area (Å²) in [6.45, 7) is 3.17. The summed E-state index contributed by atoms with van der Waals surface area (Å²) in [6.07, 6.45) is 13.1. The Morgan fingerprint density at radius 2 is 1.75 bits per heavy atom. The lowest BCUT2D eigenvalue weighted by molar-refractivity contribution is 0.186. The van der Waals surface area contributed by atoms with Gasteiger partial charge < -0.3 is 4.90 Å². The summed E-state index contributed by atoms with van der Waals surface area (Å²) in [5, 5.41) is 0. The van der Waals surface area contributed by atoms with Crippen LogP contribution in [0.2, 0.25) is 0 Å². The molecule has 1 aliphatic carbocycles. The van der Waals surface area contributed by atoms with Crippen LogP contribution in [0.1, 0.15) is 57.8 Å². The zero-order valence-electron chi connectivity index (χ0n) is 12.8. The second-order valence-corrected chi connectivity index (χ2v) is 8.46.